The fourth-order valence-electron chi connectivity index (χ4n) is 3.15. The maximum Gasteiger partial charge on any atom is 0.338 e. The number of anilines is 1. The SMILES string of the molecule is CCOC(=O)c1ccc(N2C(=O)CC(N(C(C)=O)C3CC3)C2=O)cc1. The fourth-order valence-corrected chi connectivity index (χ4v) is 3.15. The highest BCUT2D eigenvalue weighted by Crippen LogP contribution is 2.34. The number of amides is 3. The summed E-state index contributed by atoms with van der Waals surface area (Å²) in [7, 11) is 0. The highest BCUT2D eigenvalue weighted by molar-refractivity contribution is 6.23. The molecule has 0 bridgehead atoms. The third-order valence-corrected chi connectivity index (χ3v) is 4.40. The quantitative estimate of drug-likeness (QED) is 0.597. The van der Waals surface area contributed by atoms with Gasteiger partial charge in [0.25, 0.3) is 5.91 Å². The summed E-state index contributed by atoms with van der Waals surface area (Å²) in [5, 5.41) is 0. The first-order chi connectivity index (χ1) is 11.9. The van der Waals surface area contributed by atoms with Crippen LogP contribution in [0.1, 0.15) is 43.5 Å². The molecule has 0 radical (unpaired) electrons. The van der Waals surface area contributed by atoms with E-state index in [1.807, 2.05) is 0 Å². The van der Waals surface area contributed by atoms with Gasteiger partial charge in [-0.2, -0.15) is 0 Å². The molecule has 1 aliphatic carbocycles. The first-order valence-corrected chi connectivity index (χ1v) is 8.37. The summed E-state index contributed by atoms with van der Waals surface area (Å²) in [6, 6.07) is 5.45. The van der Waals surface area contributed by atoms with E-state index in [0.29, 0.717) is 11.3 Å². The van der Waals surface area contributed by atoms with Crippen LogP contribution in [-0.2, 0) is 19.1 Å². The Labute approximate surface area is 145 Å². The standard InChI is InChI=1S/C18H20N2O5/c1-3-25-18(24)12-4-6-14(7-5-12)20-16(22)10-15(17(20)23)19(11(2)21)13-8-9-13/h4-7,13,15H,3,8-10H2,1-2H3. The monoisotopic (exact) mass is 344 g/mol. The Hall–Kier alpha value is -2.70. The highest BCUT2D eigenvalue weighted by atomic mass is 16.5. The average molecular weight is 344 g/mol. The van der Waals surface area contributed by atoms with E-state index in [0.717, 1.165) is 17.7 Å². The van der Waals surface area contributed by atoms with E-state index in [1.54, 1.807) is 19.1 Å². The van der Waals surface area contributed by atoms with Crippen molar-refractivity contribution in [2.45, 2.75) is 45.2 Å². The zero-order valence-electron chi connectivity index (χ0n) is 14.2. The van der Waals surface area contributed by atoms with Gasteiger partial charge in [-0.1, -0.05) is 0 Å². The van der Waals surface area contributed by atoms with Gasteiger partial charge in [0.2, 0.25) is 11.8 Å². The maximum atomic E-state index is 12.7. The molecule has 3 amide bonds. The van der Waals surface area contributed by atoms with Crippen molar-refractivity contribution in [3.8, 4) is 0 Å². The molecule has 0 N–H and O–H groups in total. The first-order valence-electron chi connectivity index (χ1n) is 8.37. The van der Waals surface area contributed by atoms with E-state index < -0.39 is 17.9 Å². The molecule has 2 fully saturated rings. The molecule has 1 saturated carbocycles. The van der Waals surface area contributed by atoms with Crippen LogP contribution in [0.5, 0.6) is 0 Å². The van der Waals surface area contributed by atoms with Crippen molar-refractivity contribution in [2.75, 3.05) is 11.5 Å². The third kappa shape index (κ3) is 3.26. The predicted molar refractivity (Wildman–Crippen MR) is 88.8 cm³/mol. The van der Waals surface area contributed by atoms with Gasteiger partial charge in [-0.3, -0.25) is 14.4 Å². The highest BCUT2D eigenvalue weighted by Gasteiger charge is 2.47. The Morgan fingerprint density at radius 3 is 2.36 bits per heavy atom. The van der Waals surface area contributed by atoms with Crippen molar-refractivity contribution in [1.29, 1.82) is 0 Å². The molecule has 1 aromatic carbocycles. The van der Waals surface area contributed by atoms with E-state index >= 15 is 0 Å². The van der Waals surface area contributed by atoms with Crippen molar-refractivity contribution in [3.63, 3.8) is 0 Å². The molecule has 7 nitrogen and oxygen atoms in total. The van der Waals surface area contributed by atoms with Gasteiger partial charge in [0.15, 0.2) is 0 Å². The number of nitrogens with zero attached hydrogens (tertiary/aromatic N) is 2. The summed E-state index contributed by atoms with van der Waals surface area (Å²) < 4.78 is 4.91. The van der Waals surface area contributed by atoms with Crippen LogP contribution in [0.3, 0.4) is 0 Å². The van der Waals surface area contributed by atoms with E-state index in [1.165, 1.54) is 24.0 Å². The summed E-state index contributed by atoms with van der Waals surface area (Å²) in [4.78, 5) is 51.3. The van der Waals surface area contributed by atoms with Crippen LogP contribution in [-0.4, -0.2) is 47.3 Å². The molecule has 1 atom stereocenters. The van der Waals surface area contributed by atoms with Crippen molar-refractivity contribution >= 4 is 29.4 Å². The molecule has 7 heteroatoms. The number of hydrogen-bond acceptors (Lipinski definition) is 5. The number of ether oxygens (including phenoxy) is 1. The van der Waals surface area contributed by atoms with Gasteiger partial charge in [0.05, 0.1) is 24.3 Å². The average Bonchev–Trinajstić information content (AvgIpc) is 3.35. The Kier molecular flexibility index (Phi) is 4.57. The molecule has 0 aromatic heterocycles. The van der Waals surface area contributed by atoms with E-state index in [9.17, 15) is 19.2 Å². The van der Waals surface area contributed by atoms with E-state index in [2.05, 4.69) is 0 Å². The van der Waals surface area contributed by atoms with E-state index in [-0.39, 0.29) is 30.9 Å². The molecule has 2 aliphatic rings. The van der Waals surface area contributed by atoms with Gasteiger partial charge in [0, 0.05) is 13.0 Å². The second kappa shape index (κ2) is 6.66. The maximum absolute atomic E-state index is 12.7. The number of imide groups is 1. The Morgan fingerprint density at radius 2 is 1.84 bits per heavy atom. The zero-order valence-corrected chi connectivity index (χ0v) is 14.2. The van der Waals surface area contributed by atoms with Gasteiger partial charge in [0.1, 0.15) is 6.04 Å². The lowest BCUT2D eigenvalue weighted by molar-refractivity contribution is -0.137. The largest absolute Gasteiger partial charge is 0.462 e. The second-order valence-corrected chi connectivity index (χ2v) is 6.21. The van der Waals surface area contributed by atoms with Crippen molar-refractivity contribution in [2.24, 2.45) is 0 Å². The van der Waals surface area contributed by atoms with Crippen LogP contribution in [0.4, 0.5) is 5.69 Å². The summed E-state index contributed by atoms with van der Waals surface area (Å²) in [6.45, 7) is 3.41. The predicted octanol–water partition coefficient (Wildman–Crippen LogP) is 1.51. The molecule has 1 heterocycles. The van der Waals surface area contributed by atoms with Crippen LogP contribution < -0.4 is 4.90 Å². The van der Waals surface area contributed by atoms with Gasteiger partial charge in [-0.15, -0.1) is 0 Å². The summed E-state index contributed by atoms with van der Waals surface area (Å²) in [6.07, 6.45) is 1.73. The molecule has 3 rings (SSSR count). The van der Waals surface area contributed by atoms with Crippen LogP contribution in [0.25, 0.3) is 0 Å². The molecule has 1 saturated heterocycles. The zero-order chi connectivity index (χ0) is 18.1. The topological polar surface area (TPSA) is 84.0 Å². The van der Waals surface area contributed by atoms with Crippen LogP contribution >= 0.6 is 0 Å². The molecule has 25 heavy (non-hydrogen) atoms. The third-order valence-electron chi connectivity index (χ3n) is 4.40. The lowest BCUT2D eigenvalue weighted by Crippen LogP contribution is -2.45. The van der Waals surface area contributed by atoms with E-state index in [4.69, 9.17) is 4.74 Å². The minimum Gasteiger partial charge on any atom is -0.462 e. The second-order valence-electron chi connectivity index (χ2n) is 6.21. The van der Waals surface area contributed by atoms with Crippen LogP contribution in [0.15, 0.2) is 24.3 Å². The molecule has 1 aliphatic heterocycles. The lowest BCUT2D eigenvalue weighted by Gasteiger charge is -2.26. The molecular weight excluding hydrogens is 324 g/mol. The summed E-state index contributed by atoms with van der Waals surface area (Å²) in [5.74, 6) is -1.38. The Bertz CT molecular complexity index is 723. The van der Waals surface area contributed by atoms with Crippen molar-refractivity contribution in [3.05, 3.63) is 29.8 Å². The lowest BCUT2D eigenvalue weighted by atomic mass is 10.2. The number of rotatable bonds is 5. The minimum atomic E-state index is -0.734. The Morgan fingerprint density at radius 1 is 1.20 bits per heavy atom. The summed E-state index contributed by atoms with van der Waals surface area (Å²) in [5.41, 5.74) is 0.745. The van der Waals surface area contributed by atoms with Gasteiger partial charge in [-0.05, 0) is 44.0 Å². The number of benzene rings is 1. The number of carbonyl (C=O) groups excluding carboxylic acids is 4. The minimum absolute atomic E-state index is 0.00542. The van der Waals surface area contributed by atoms with Crippen molar-refractivity contribution < 1.29 is 23.9 Å². The molecule has 1 unspecified atom stereocenters. The van der Waals surface area contributed by atoms with Gasteiger partial charge < -0.3 is 9.64 Å². The van der Waals surface area contributed by atoms with Crippen LogP contribution in [0.2, 0.25) is 0 Å². The molecule has 0 spiro atoms. The van der Waals surface area contributed by atoms with Gasteiger partial charge in [-0.25, -0.2) is 9.69 Å². The smallest absolute Gasteiger partial charge is 0.338 e. The number of carbonyl (C=O) groups is 4. The van der Waals surface area contributed by atoms with Crippen molar-refractivity contribution in [1.82, 2.24) is 4.90 Å². The molecule has 1 aromatic rings. The number of esters is 1. The summed E-state index contributed by atoms with van der Waals surface area (Å²) >= 11 is 0. The Balaban J connectivity index is 1.80. The first kappa shape index (κ1) is 17.1. The molecular formula is C18H20N2O5. The normalized spacial score (nSPS) is 19.9. The number of hydrogen-bond donors (Lipinski definition) is 0. The fraction of sp³-hybridized carbons (Fsp3) is 0.444. The van der Waals surface area contributed by atoms with Gasteiger partial charge >= 0.3 is 5.97 Å². The molecule has 132 valence electrons. The van der Waals surface area contributed by atoms with Crippen LogP contribution in [0, 0.1) is 0 Å².